The van der Waals surface area contributed by atoms with Gasteiger partial charge >= 0.3 is 0 Å². The second-order valence-electron chi connectivity index (χ2n) is 7.21. The molecule has 2 N–H and O–H groups in total. The van der Waals surface area contributed by atoms with Crippen LogP contribution in [0.3, 0.4) is 0 Å². The topological polar surface area (TPSA) is 49.6 Å². The van der Waals surface area contributed by atoms with Crippen molar-refractivity contribution >= 4 is 17.3 Å². The van der Waals surface area contributed by atoms with Crippen molar-refractivity contribution in [2.24, 2.45) is 5.92 Å². The van der Waals surface area contributed by atoms with Gasteiger partial charge in [0.1, 0.15) is 5.82 Å². The Morgan fingerprint density at radius 3 is 2.23 bits per heavy atom. The van der Waals surface area contributed by atoms with Crippen LogP contribution in [0.2, 0.25) is 0 Å². The van der Waals surface area contributed by atoms with Crippen LogP contribution in [0.4, 0.5) is 15.8 Å². The lowest BCUT2D eigenvalue weighted by molar-refractivity contribution is 0.0628. The molecule has 0 saturated heterocycles. The number of nitrogen functional groups attached to an aromatic ring is 1. The quantitative estimate of drug-likeness (QED) is 0.790. The number of hydrogen-bond donors (Lipinski definition) is 1. The average Bonchev–Trinajstić information content (AvgIpc) is 2.58. The summed E-state index contributed by atoms with van der Waals surface area (Å²) < 4.78 is 13.2. The number of hydrogen-bond acceptors (Lipinski definition) is 3. The molecule has 0 bridgehead atoms. The minimum absolute atomic E-state index is 0.0176. The Bertz CT molecular complexity index is 756. The van der Waals surface area contributed by atoms with Crippen LogP contribution >= 0.6 is 0 Å². The number of amides is 1. The van der Waals surface area contributed by atoms with E-state index in [2.05, 4.69) is 13.8 Å². The fraction of sp³-hybridized carbons (Fsp3) is 0.381. The number of benzene rings is 2. The van der Waals surface area contributed by atoms with Crippen molar-refractivity contribution in [3.63, 3.8) is 0 Å². The maximum atomic E-state index is 13.2. The van der Waals surface area contributed by atoms with Crippen molar-refractivity contribution < 1.29 is 9.18 Å². The van der Waals surface area contributed by atoms with Crippen molar-refractivity contribution in [2.75, 3.05) is 24.7 Å². The molecule has 0 aliphatic heterocycles. The maximum absolute atomic E-state index is 13.2. The van der Waals surface area contributed by atoms with Gasteiger partial charge < -0.3 is 15.5 Å². The van der Waals surface area contributed by atoms with Gasteiger partial charge in [-0.15, -0.1) is 0 Å². The van der Waals surface area contributed by atoms with E-state index < -0.39 is 0 Å². The van der Waals surface area contributed by atoms with E-state index in [4.69, 9.17) is 5.73 Å². The van der Waals surface area contributed by atoms with E-state index in [1.165, 1.54) is 24.3 Å². The minimum Gasteiger partial charge on any atom is -0.399 e. The van der Waals surface area contributed by atoms with Crippen LogP contribution in [0.1, 0.15) is 36.7 Å². The number of anilines is 2. The van der Waals surface area contributed by atoms with Crippen molar-refractivity contribution in [3.8, 4) is 0 Å². The molecule has 5 heteroatoms. The van der Waals surface area contributed by atoms with Crippen molar-refractivity contribution in [2.45, 2.75) is 33.4 Å². The Morgan fingerprint density at radius 2 is 1.69 bits per heavy atom. The average molecular weight is 357 g/mol. The van der Waals surface area contributed by atoms with Gasteiger partial charge in [0.2, 0.25) is 0 Å². The Balaban J connectivity index is 2.42. The molecule has 2 rings (SSSR count). The molecule has 4 nitrogen and oxygen atoms in total. The second-order valence-corrected chi connectivity index (χ2v) is 7.21. The third-order valence-electron chi connectivity index (χ3n) is 4.73. The number of carbonyl (C=O) groups excluding carboxylic acids is 1. The Kier molecular flexibility index (Phi) is 6.24. The van der Waals surface area contributed by atoms with Gasteiger partial charge in [0, 0.05) is 43.6 Å². The maximum Gasteiger partial charge on any atom is 0.254 e. The molecular formula is C21H28FN3O. The van der Waals surface area contributed by atoms with Crippen molar-refractivity contribution in [3.05, 3.63) is 59.4 Å². The number of nitrogens with two attached hydrogens (primary N) is 1. The Morgan fingerprint density at radius 1 is 1.08 bits per heavy atom. The molecule has 0 aliphatic carbocycles. The lowest BCUT2D eigenvalue weighted by Crippen LogP contribution is -2.41. The molecule has 0 aromatic heterocycles. The van der Waals surface area contributed by atoms with Crippen LogP contribution in [0, 0.1) is 11.7 Å². The highest BCUT2D eigenvalue weighted by molar-refractivity contribution is 5.94. The zero-order valence-corrected chi connectivity index (χ0v) is 16.2. The highest BCUT2D eigenvalue weighted by atomic mass is 19.1. The number of rotatable bonds is 6. The summed E-state index contributed by atoms with van der Waals surface area (Å²) in [5.41, 5.74) is 9.13. The van der Waals surface area contributed by atoms with E-state index >= 15 is 0 Å². The predicted octanol–water partition coefficient (Wildman–Crippen LogP) is 4.16. The summed E-state index contributed by atoms with van der Waals surface area (Å²) in [5.74, 6) is -0.183. The molecule has 0 heterocycles. The monoisotopic (exact) mass is 357 g/mol. The molecule has 140 valence electrons. The lowest BCUT2D eigenvalue weighted by atomic mass is 10.0. The van der Waals surface area contributed by atoms with Crippen LogP contribution in [0.15, 0.2) is 42.5 Å². The van der Waals surface area contributed by atoms with Gasteiger partial charge in [-0.05, 0) is 60.9 Å². The van der Waals surface area contributed by atoms with Crippen LogP contribution in [0.5, 0.6) is 0 Å². The second kappa shape index (κ2) is 8.21. The molecule has 1 unspecified atom stereocenters. The van der Waals surface area contributed by atoms with E-state index in [0.29, 0.717) is 17.8 Å². The fourth-order valence-electron chi connectivity index (χ4n) is 2.87. The predicted molar refractivity (Wildman–Crippen MR) is 106 cm³/mol. The summed E-state index contributed by atoms with van der Waals surface area (Å²) in [6, 6.07) is 11.4. The van der Waals surface area contributed by atoms with Crippen LogP contribution in [0.25, 0.3) is 0 Å². The van der Waals surface area contributed by atoms with Crippen LogP contribution in [-0.4, -0.2) is 30.9 Å². The first-order valence-corrected chi connectivity index (χ1v) is 8.83. The SMILES string of the molecule is CC(C)C(C)N(Cc1cc(N)ccc1N(C)C)C(=O)c1ccc(F)cc1. The zero-order valence-electron chi connectivity index (χ0n) is 16.2. The van der Waals surface area contributed by atoms with Gasteiger partial charge in [-0.2, -0.15) is 0 Å². The number of nitrogens with zero attached hydrogens (tertiary/aromatic N) is 2. The fourth-order valence-corrected chi connectivity index (χ4v) is 2.87. The molecule has 0 fully saturated rings. The molecule has 0 saturated carbocycles. The van der Waals surface area contributed by atoms with Gasteiger partial charge in [0.05, 0.1) is 0 Å². The summed E-state index contributed by atoms with van der Waals surface area (Å²) in [4.78, 5) is 17.0. The first-order valence-electron chi connectivity index (χ1n) is 8.83. The van der Waals surface area contributed by atoms with E-state index in [1.807, 2.05) is 49.0 Å². The zero-order chi connectivity index (χ0) is 19.4. The molecule has 0 spiro atoms. The summed E-state index contributed by atoms with van der Waals surface area (Å²) in [5, 5.41) is 0. The minimum atomic E-state index is -0.351. The molecule has 0 aliphatic rings. The molecule has 2 aromatic carbocycles. The summed E-state index contributed by atoms with van der Waals surface area (Å²) in [7, 11) is 3.93. The Hall–Kier alpha value is -2.56. The summed E-state index contributed by atoms with van der Waals surface area (Å²) in [6.45, 7) is 6.64. The highest BCUT2D eigenvalue weighted by Crippen LogP contribution is 2.26. The molecule has 1 atom stereocenters. The molecule has 0 radical (unpaired) electrons. The van der Waals surface area contributed by atoms with Gasteiger partial charge in [0.25, 0.3) is 5.91 Å². The standard InChI is InChI=1S/C21H28FN3O/c1-14(2)15(3)25(21(26)16-6-8-18(22)9-7-16)13-17-12-19(23)10-11-20(17)24(4)5/h6-12,14-15H,13,23H2,1-5H3. The molecular weight excluding hydrogens is 329 g/mol. The van der Waals surface area contributed by atoms with Gasteiger partial charge in [-0.25, -0.2) is 4.39 Å². The smallest absolute Gasteiger partial charge is 0.254 e. The molecule has 1 amide bonds. The molecule has 2 aromatic rings. The summed E-state index contributed by atoms with van der Waals surface area (Å²) >= 11 is 0. The first kappa shape index (κ1) is 19.8. The lowest BCUT2D eigenvalue weighted by Gasteiger charge is -2.33. The molecule has 26 heavy (non-hydrogen) atoms. The van der Waals surface area contributed by atoms with E-state index in [-0.39, 0.29) is 23.7 Å². The van der Waals surface area contributed by atoms with Gasteiger partial charge in [-0.3, -0.25) is 4.79 Å². The van der Waals surface area contributed by atoms with Gasteiger partial charge in [-0.1, -0.05) is 13.8 Å². The Labute approximate surface area is 155 Å². The van der Waals surface area contributed by atoms with Crippen LogP contribution < -0.4 is 10.6 Å². The van der Waals surface area contributed by atoms with Gasteiger partial charge in [0.15, 0.2) is 0 Å². The van der Waals surface area contributed by atoms with E-state index in [0.717, 1.165) is 11.3 Å². The van der Waals surface area contributed by atoms with Crippen molar-refractivity contribution in [1.29, 1.82) is 0 Å². The van der Waals surface area contributed by atoms with E-state index in [9.17, 15) is 9.18 Å². The third kappa shape index (κ3) is 4.54. The summed E-state index contributed by atoms with van der Waals surface area (Å²) in [6.07, 6.45) is 0. The van der Waals surface area contributed by atoms with Crippen molar-refractivity contribution in [1.82, 2.24) is 4.90 Å². The normalized spacial score (nSPS) is 12.1. The third-order valence-corrected chi connectivity index (χ3v) is 4.73. The highest BCUT2D eigenvalue weighted by Gasteiger charge is 2.25. The largest absolute Gasteiger partial charge is 0.399 e. The number of carbonyl (C=O) groups is 1. The van der Waals surface area contributed by atoms with E-state index in [1.54, 1.807) is 0 Å². The first-order chi connectivity index (χ1) is 12.2. The number of halogens is 1. The van der Waals surface area contributed by atoms with Crippen LogP contribution in [-0.2, 0) is 6.54 Å².